The van der Waals surface area contributed by atoms with Crippen molar-refractivity contribution < 1.29 is 14.0 Å². The van der Waals surface area contributed by atoms with Crippen molar-refractivity contribution in [3.8, 4) is 0 Å². The number of nitrogens with zero attached hydrogens (tertiary/aromatic N) is 2. The van der Waals surface area contributed by atoms with Crippen LogP contribution in [0.15, 0.2) is 24.3 Å². The monoisotopic (exact) mass is 321 g/mol. The Labute approximate surface area is 136 Å². The van der Waals surface area contributed by atoms with Gasteiger partial charge in [-0.25, -0.2) is 9.18 Å². The normalized spacial score (nSPS) is 18.4. The molecule has 0 aliphatic carbocycles. The highest BCUT2D eigenvalue weighted by molar-refractivity contribution is 6.06. The van der Waals surface area contributed by atoms with Crippen LogP contribution in [-0.4, -0.2) is 47.4 Å². The van der Waals surface area contributed by atoms with Crippen LogP contribution in [0.25, 0.3) is 0 Å². The first-order chi connectivity index (χ1) is 10.7. The summed E-state index contributed by atoms with van der Waals surface area (Å²) in [5.41, 5.74) is -0.185. The Morgan fingerprint density at radius 1 is 1.30 bits per heavy atom. The number of amides is 3. The van der Waals surface area contributed by atoms with Crippen molar-refractivity contribution in [2.75, 3.05) is 20.1 Å². The molecule has 3 amide bonds. The molecule has 1 N–H and O–H groups in total. The molecule has 0 bridgehead atoms. The third-order valence-electron chi connectivity index (χ3n) is 4.35. The molecule has 0 spiro atoms. The Hall–Kier alpha value is -1.95. The summed E-state index contributed by atoms with van der Waals surface area (Å²) in [5.74, 6) is -0.421. The van der Waals surface area contributed by atoms with Crippen LogP contribution in [0.4, 0.5) is 9.18 Å². The molecule has 6 heteroatoms. The fourth-order valence-electron chi connectivity index (χ4n) is 2.74. The van der Waals surface area contributed by atoms with Gasteiger partial charge < -0.3 is 5.32 Å². The number of benzene rings is 1. The van der Waals surface area contributed by atoms with Gasteiger partial charge in [0.25, 0.3) is 5.91 Å². The van der Waals surface area contributed by atoms with Gasteiger partial charge in [-0.1, -0.05) is 18.2 Å². The van der Waals surface area contributed by atoms with Gasteiger partial charge in [-0.05, 0) is 40.3 Å². The van der Waals surface area contributed by atoms with Crippen LogP contribution in [0.3, 0.4) is 0 Å². The minimum atomic E-state index is -0.830. The van der Waals surface area contributed by atoms with Crippen molar-refractivity contribution >= 4 is 11.9 Å². The number of hydrogen-bond donors (Lipinski definition) is 1. The lowest BCUT2D eigenvalue weighted by Crippen LogP contribution is -2.40. The maximum Gasteiger partial charge on any atom is 0.325 e. The first-order valence-corrected chi connectivity index (χ1v) is 7.83. The average Bonchev–Trinajstić information content (AvgIpc) is 2.68. The first-order valence-electron chi connectivity index (χ1n) is 7.83. The molecule has 5 nitrogen and oxygen atoms in total. The third kappa shape index (κ3) is 3.69. The van der Waals surface area contributed by atoms with E-state index in [0.717, 1.165) is 0 Å². The molecule has 1 heterocycles. The maximum absolute atomic E-state index is 13.8. The van der Waals surface area contributed by atoms with E-state index in [-0.39, 0.29) is 23.8 Å². The minimum absolute atomic E-state index is 0.0734. The number of halogens is 1. The number of carbonyl (C=O) groups excluding carboxylic acids is 2. The predicted molar refractivity (Wildman–Crippen MR) is 86.4 cm³/mol. The Kier molecular flexibility index (Phi) is 5.04. The average molecular weight is 321 g/mol. The minimum Gasteiger partial charge on any atom is -0.324 e. The maximum atomic E-state index is 13.8. The van der Waals surface area contributed by atoms with E-state index in [1.165, 1.54) is 11.0 Å². The van der Waals surface area contributed by atoms with E-state index in [0.29, 0.717) is 25.1 Å². The fraction of sp³-hybridized carbons (Fsp3) is 0.529. The molecular formula is C17H24FN3O2. The van der Waals surface area contributed by atoms with Gasteiger partial charge in [0.1, 0.15) is 11.4 Å². The molecule has 1 aromatic rings. The fourth-order valence-corrected chi connectivity index (χ4v) is 2.74. The molecule has 1 aliphatic heterocycles. The van der Waals surface area contributed by atoms with Gasteiger partial charge in [0.15, 0.2) is 0 Å². The van der Waals surface area contributed by atoms with E-state index >= 15 is 0 Å². The van der Waals surface area contributed by atoms with Crippen LogP contribution in [0.1, 0.15) is 38.8 Å². The smallest absolute Gasteiger partial charge is 0.324 e. The summed E-state index contributed by atoms with van der Waals surface area (Å²) in [6, 6.07) is 6.30. The van der Waals surface area contributed by atoms with Gasteiger partial charge in [-0.2, -0.15) is 0 Å². The van der Waals surface area contributed by atoms with E-state index < -0.39 is 5.54 Å². The van der Waals surface area contributed by atoms with Crippen molar-refractivity contribution in [1.29, 1.82) is 0 Å². The highest BCUT2D eigenvalue weighted by atomic mass is 19.1. The topological polar surface area (TPSA) is 52.6 Å². The number of carbonyl (C=O) groups is 2. The molecule has 0 radical (unpaired) electrons. The van der Waals surface area contributed by atoms with Crippen molar-refractivity contribution in [3.05, 3.63) is 35.6 Å². The number of imide groups is 1. The van der Waals surface area contributed by atoms with Gasteiger partial charge in [-0.15, -0.1) is 0 Å². The Balaban J connectivity index is 1.88. The lowest BCUT2D eigenvalue weighted by atomic mass is 10.1. The van der Waals surface area contributed by atoms with Gasteiger partial charge in [0, 0.05) is 24.7 Å². The van der Waals surface area contributed by atoms with E-state index in [1.54, 1.807) is 26.0 Å². The summed E-state index contributed by atoms with van der Waals surface area (Å²) >= 11 is 0. The van der Waals surface area contributed by atoms with Crippen LogP contribution in [0.2, 0.25) is 0 Å². The molecule has 1 saturated heterocycles. The molecular weight excluding hydrogens is 297 g/mol. The van der Waals surface area contributed by atoms with Crippen molar-refractivity contribution in [3.63, 3.8) is 0 Å². The number of rotatable bonds is 6. The predicted octanol–water partition coefficient (Wildman–Crippen LogP) is 2.54. The van der Waals surface area contributed by atoms with Gasteiger partial charge in [-0.3, -0.25) is 14.6 Å². The molecule has 0 aromatic heterocycles. The highest BCUT2D eigenvalue weighted by Crippen LogP contribution is 2.22. The quantitative estimate of drug-likeness (QED) is 0.819. The van der Waals surface area contributed by atoms with Crippen LogP contribution in [0.5, 0.6) is 0 Å². The zero-order valence-corrected chi connectivity index (χ0v) is 14.1. The SMILES string of the molecule is C[C@H](c1ccccc1F)N(C)CCCN1C(=O)NC(C)(C)C1=O. The van der Waals surface area contributed by atoms with Gasteiger partial charge in [0.2, 0.25) is 0 Å². The van der Waals surface area contributed by atoms with Gasteiger partial charge >= 0.3 is 6.03 Å². The lowest BCUT2D eigenvalue weighted by Gasteiger charge is -2.26. The van der Waals surface area contributed by atoms with Crippen molar-refractivity contribution in [1.82, 2.24) is 15.1 Å². The van der Waals surface area contributed by atoms with Crippen molar-refractivity contribution in [2.45, 2.75) is 38.8 Å². The number of urea groups is 1. The van der Waals surface area contributed by atoms with Crippen LogP contribution < -0.4 is 5.32 Å². The second-order valence-electron chi connectivity index (χ2n) is 6.54. The second kappa shape index (κ2) is 6.66. The van der Waals surface area contributed by atoms with Crippen LogP contribution in [-0.2, 0) is 4.79 Å². The summed E-state index contributed by atoms with van der Waals surface area (Å²) in [7, 11) is 1.91. The summed E-state index contributed by atoms with van der Waals surface area (Å²) in [5, 5.41) is 2.66. The zero-order chi connectivity index (χ0) is 17.2. The Bertz CT molecular complexity index is 603. The molecule has 1 aromatic carbocycles. The molecule has 23 heavy (non-hydrogen) atoms. The Morgan fingerprint density at radius 3 is 2.52 bits per heavy atom. The summed E-state index contributed by atoms with van der Waals surface area (Å²) in [6.07, 6.45) is 0.643. The number of nitrogens with one attached hydrogen (secondary N) is 1. The Morgan fingerprint density at radius 2 is 1.96 bits per heavy atom. The van der Waals surface area contributed by atoms with E-state index in [4.69, 9.17) is 0 Å². The van der Waals surface area contributed by atoms with Gasteiger partial charge in [0.05, 0.1) is 0 Å². The lowest BCUT2D eigenvalue weighted by molar-refractivity contribution is -0.130. The third-order valence-corrected chi connectivity index (χ3v) is 4.35. The van der Waals surface area contributed by atoms with E-state index in [1.807, 2.05) is 24.9 Å². The zero-order valence-electron chi connectivity index (χ0n) is 14.1. The molecule has 2 rings (SSSR count). The van der Waals surface area contributed by atoms with Crippen molar-refractivity contribution in [2.24, 2.45) is 0 Å². The molecule has 126 valence electrons. The molecule has 1 fully saturated rings. The largest absolute Gasteiger partial charge is 0.325 e. The van der Waals surface area contributed by atoms with E-state index in [2.05, 4.69) is 5.32 Å². The number of hydrogen-bond acceptors (Lipinski definition) is 3. The summed E-state index contributed by atoms with van der Waals surface area (Å²) in [4.78, 5) is 27.2. The standard InChI is InChI=1S/C17H24FN3O2/c1-12(13-8-5-6-9-14(13)18)20(4)10-7-11-21-15(22)17(2,3)19-16(21)23/h5-6,8-9,12H,7,10-11H2,1-4H3,(H,19,23)/t12-/m1/s1. The highest BCUT2D eigenvalue weighted by Gasteiger charge is 2.43. The summed E-state index contributed by atoms with van der Waals surface area (Å²) < 4.78 is 13.8. The molecule has 0 unspecified atom stereocenters. The van der Waals surface area contributed by atoms with Crippen LogP contribution >= 0.6 is 0 Å². The summed E-state index contributed by atoms with van der Waals surface area (Å²) in [6.45, 7) is 6.35. The molecule has 1 atom stereocenters. The van der Waals surface area contributed by atoms with E-state index in [9.17, 15) is 14.0 Å². The second-order valence-corrected chi connectivity index (χ2v) is 6.54. The molecule has 0 saturated carbocycles. The first kappa shape index (κ1) is 17.4. The van der Waals surface area contributed by atoms with Crippen LogP contribution in [0, 0.1) is 5.82 Å². The molecule has 1 aliphatic rings.